The molecule has 0 amide bonds. The number of rotatable bonds is 5. The fourth-order valence-corrected chi connectivity index (χ4v) is 1.74. The van der Waals surface area contributed by atoms with Crippen molar-refractivity contribution in [3.05, 3.63) is 23.8 Å². The average Bonchev–Trinajstić information content (AvgIpc) is 2.25. The van der Waals surface area contributed by atoms with E-state index < -0.39 is 31.3 Å². The molecule has 5 nitrogen and oxygen atoms in total. The normalized spacial score (nSPS) is 13.6. The molecular weight excluding hydrogens is 263 g/mol. The summed E-state index contributed by atoms with van der Waals surface area (Å²) < 4.78 is 37.4. The first kappa shape index (κ1) is 15.4. The van der Waals surface area contributed by atoms with E-state index in [4.69, 9.17) is 5.11 Å². The summed E-state index contributed by atoms with van der Waals surface area (Å²) in [6, 6.07) is -0.786. The molecule has 0 saturated carbocycles. The fourth-order valence-electron chi connectivity index (χ4n) is 1.74. The Labute approximate surface area is 108 Å². The number of carbonyl (C=O) groups is 1. The molecule has 0 aliphatic carbocycles. The van der Waals surface area contributed by atoms with Crippen LogP contribution in [-0.4, -0.2) is 45.2 Å². The van der Waals surface area contributed by atoms with E-state index in [1.807, 2.05) is 0 Å². The van der Waals surface area contributed by atoms with Gasteiger partial charge in [-0.05, 0) is 13.8 Å². The number of nitrogens with zero attached hydrogens (tertiary/aromatic N) is 3. The molecule has 1 heterocycles. The summed E-state index contributed by atoms with van der Waals surface area (Å²) in [5.41, 5.74) is 0.820. The monoisotopic (exact) mass is 277 g/mol. The summed E-state index contributed by atoms with van der Waals surface area (Å²) in [6.45, 7) is 1.07. The molecule has 1 rings (SSSR count). The van der Waals surface area contributed by atoms with Crippen molar-refractivity contribution in [2.45, 2.75) is 26.1 Å². The van der Waals surface area contributed by atoms with E-state index in [1.165, 1.54) is 19.3 Å². The first-order valence-corrected chi connectivity index (χ1v) is 5.51. The number of hydrogen-bond donors (Lipinski definition) is 1. The predicted molar refractivity (Wildman–Crippen MR) is 60.4 cm³/mol. The maximum atomic E-state index is 12.5. The van der Waals surface area contributed by atoms with Gasteiger partial charge in [-0.2, -0.15) is 13.2 Å². The number of carboxylic acid groups (broad SMARTS) is 1. The van der Waals surface area contributed by atoms with Crippen LogP contribution in [0.1, 0.15) is 24.4 Å². The Kier molecular flexibility index (Phi) is 4.82. The number of aromatic nitrogens is 2. The van der Waals surface area contributed by atoms with Crippen LogP contribution in [0.4, 0.5) is 13.2 Å². The van der Waals surface area contributed by atoms with Crippen molar-refractivity contribution in [1.82, 2.24) is 14.9 Å². The van der Waals surface area contributed by atoms with Crippen LogP contribution in [0.25, 0.3) is 0 Å². The highest BCUT2D eigenvalue weighted by Gasteiger charge is 2.34. The predicted octanol–water partition coefficient (Wildman–Crippen LogP) is 1.79. The molecule has 1 N–H and O–H groups in total. The zero-order valence-corrected chi connectivity index (χ0v) is 10.5. The highest BCUT2D eigenvalue weighted by molar-refractivity contribution is 5.69. The van der Waals surface area contributed by atoms with Crippen LogP contribution in [0.3, 0.4) is 0 Å². The first-order chi connectivity index (χ1) is 8.70. The lowest BCUT2D eigenvalue weighted by atomic mass is 10.1. The average molecular weight is 277 g/mol. The van der Waals surface area contributed by atoms with Crippen molar-refractivity contribution in [3.8, 4) is 0 Å². The molecule has 0 aliphatic heterocycles. The summed E-state index contributed by atoms with van der Waals surface area (Å²) >= 11 is 0. The molecule has 1 atom stereocenters. The minimum atomic E-state index is -4.47. The number of aryl methyl sites for hydroxylation is 1. The Morgan fingerprint density at radius 1 is 1.42 bits per heavy atom. The Bertz CT molecular complexity index is 451. The highest BCUT2D eigenvalue weighted by atomic mass is 19.4. The second-order valence-electron chi connectivity index (χ2n) is 4.12. The van der Waals surface area contributed by atoms with Crippen LogP contribution >= 0.6 is 0 Å². The van der Waals surface area contributed by atoms with Crippen LogP contribution in [0.15, 0.2) is 12.4 Å². The van der Waals surface area contributed by atoms with Crippen LogP contribution in [-0.2, 0) is 4.79 Å². The fraction of sp³-hybridized carbons (Fsp3) is 0.545. The number of carboxylic acids is 1. The summed E-state index contributed by atoms with van der Waals surface area (Å²) in [5, 5.41) is 8.70. The first-order valence-electron chi connectivity index (χ1n) is 5.51. The smallest absolute Gasteiger partial charge is 0.401 e. The van der Waals surface area contributed by atoms with Gasteiger partial charge in [-0.3, -0.25) is 19.7 Å². The molecule has 0 fully saturated rings. The zero-order valence-electron chi connectivity index (χ0n) is 10.5. The van der Waals surface area contributed by atoms with Gasteiger partial charge in [0.1, 0.15) is 0 Å². The SMILES string of the molecule is Cc1nccnc1C(C)N(CC(=O)O)CC(F)(F)F. The summed E-state index contributed by atoms with van der Waals surface area (Å²) in [4.78, 5) is 19.4. The van der Waals surface area contributed by atoms with E-state index in [0.29, 0.717) is 11.4 Å². The molecule has 0 aromatic carbocycles. The maximum Gasteiger partial charge on any atom is 0.401 e. The van der Waals surface area contributed by atoms with E-state index in [-0.39, 0.29) is 0 Å². The van der Waals surface area contributed by atoms with Crippen LogP contribution < -0.4 is 0 Å². The van der Waals surface area contributed by atoms with Crippen molar-refractivity contribution in [2.75, 3.05) is 13.1 Å². The largest absolute Gasteiger partial charge is 0.480 e. The standard InChI is InChI=1S/C11H14F3N3O2/c1-7-10(16-4-3-15-7)8(2)17(5-9(18)19)6-11(12,13)14/h3-4,8H,5-6H2,1-2H3,(H,18,19). The van der Waals surface area contributed by atoms with Crippen molar-refractivity contribution in [1.29, 1.82) is 0 Å². The number of hydrogen-bond acceptors (Lipinski definition) is 4. The van der Waals surface area contributed by atoms with Gasteiger partial charge < -0.3 is 5.11 Å². The minimum absolute atomic E-state index is 0.341. The Balaban J connectivity index is 2.97. The Hall–Kier alpha value is -1.70. The van der Waals surface area contributed by atoms with E-state index in [1.54, 1.807) is 6.92 Å². The Morgan fingerprint density at radius 3 is 2.47 bits per heavy atom. The summed E-state index contributed by atoms with van der Waals surface area (Å²) in [7, 11) is 0. The quantitative estimate of drug-likeness (QED) is 0.888. The zero-order chi connectivity index (χ0) is 14.6. The lowest BCUT2D eigenvalue weighted by molar-refractivity contribution is -0.158. The molecule has 1 aromatic heterocycles. The number of halogens is 3. The van der Waals surface area contributed by atoms with Gasteiger partial charge in [0.25, 0.3) is 0 Å². The lowest BCUT2D eigenvalue weighted by Crippen LogP contribution is -2.40. The van der Waals surface area contributed by atoms with Gasteiger partial charge in [-0.25, -0.2) is 0 Å². The minimum Gasteiger partial charge on any atom is -0.480 e. The molecule has 1 aromatic rings. The Morgan fingerprint density at radius 2 is 2.00 bits per heavy atom. The van der Waals surface area contributed by atoms with Crippen LogP contribution in [0.2, 0.25) is 0 Å². The van der Waals surface area contributed by atoms with E-state index in [9.17, 15) is 18.0 Å². The van der Waals surface area contributed by atoms with Crippen LogP contribution in [0, 0.1) is 6.92 Å². The number of aliphatic carboxylic acids is 1. The van der Waals surface area contributed by atoms with E-state index >= 15 is 0 Å². The summed E-state index contributed by atoms with van der Waals surface area (Å²) in [5.74, 6) is -1.32. The van der Waals surface area contributed by atoms with Crippen molar-refractivity contribution in [3.63, 3.8) is 0 Å². The van der Waals surface area contributed by atoms with Gasteiger partial charge in [0, 0.05) is 12.4 Å². The molecule has 0 saturated heterocycles. The van der Waals surface area contributed by atoms with Gasteiger partial charge >= 0.3 is 12.1 Å². The third-order valence-corrected chi connectivity index (χ3v) is 2.58. The highest BCUT2D eigenvalue weighted by Crippen LogP contribution is 2.25. The van der Waals surface area contributed by atoms with Gasteiger partial charge in [0.2, 0.25) is 0 Å². The molecule has 0 aliphatic rings. The molecule has 19 heavy (non-hydrogen) atoms. The third kappa shape index (κ3) is 4.82. The summed E-state index contributed by atoms with van der Waals surface area (Å²) in [6.07, 6.45) is -1.68. The van der Waals surface area contributed by atoms with Gasteiger partial charge in [0.05, 0.1) is 30.5 Å². The molecule has 0 spiro atoms. The van der Waals surface area contributed by atoms with Crippen molar-refractivity contribution in [2.24, 2.45) is 0 Å². The lowest BCUT2D eigenvalue weighted by Gasteiger charge is -2.28. The van der Waals surface area contributed by atoms with Crippen molar-refractivity contribution >= 4 is 5.97 Å². The maximum absolute atomic E-state index is 12.5. The molecule has 106 valence electrons. The van der Waals surface area contributed by atoms with E-state index in [2.05, 4.69) is 9.97 Å². The third-order valence-electron chi connectivity index (χ3n) is 2.58. The van der Waals surface area contributed by atoms with Gasteiger partial charge in [-0.15, -0.1) is 0 Å². The second kappa shape index (κ2) is 5.96. The topological polar surface area (TPSA) is 66.3 Å². The molecule has 0 bridgehead atoms. The van der Waals surface area contributed by atoms with Gasteiger partial charge in [0.15, 0.2) is 0 Å². The van der Waals surface area contributed by atoms with Crippen LogP contribution in [0.5, 0.6) is 0 Å². The second-order valence-corrected chi connectivity index (χ2v) is 4.12. The number of alkyl halides is 3. The molecular formula is C11H14F3N3O2. The van der Waals surface area contributed by atoms with E-state index in [0.717, 1.165) is 4.90 Å². The van der Waals surface area contributed by atoms with Gasteiger partial charge in [-0.1, -0.05) is 0 Å². The molecule has 1 unspecified atom stereocenters. The molecule has 0 radical (unpaired) electrons. The van der Waals surface area contributed by atoms with Crippen molar-refractivity contribution < 1.29 is 23.1 Å². The molecule has 8 heteroatoms.